The first-order valence-corrected chi connectivity index (χ1v) is 7.73. The highest BCUT2D eigenvalue weighted by Crippen LogP contribution is 2.20. The predicted molar refractivity (Wildman–Crippen MR) is 78.2 cm³/mol. The van der Waals surface area contributed by atoms with E-state index in [0.717, 1.165) is 19.5 Å². The van der Waals surface area contributed by atoms with E-state index < -0.39 is 0 Å². The van der Waals surface area contributed by atoms with Gasteiger partial charge in [-0.3, -0.25) is 14.5 Å². The first kappa shape index (κ1) is 15.3. The Bertz CT molecular complexity index is 381. The summed E-state index contributed by atoms with van der Waals surface area (Å²) in [5, 5.41) is 2.89. The third-order valence-corrected chi connectivity index (χ3v) is 4.30. The molecule has 2 fully saturated rings. The van der Waals surface area contributed by atoms with Crippen molar-refractivity contribution in [1.29, 1.82) is 0 Å². The number of amides is 2. The number of fused-ring (bicyclic) bond motifs is 1. The largest absolute Gasteiger partial charge is 0.342 e. The normalized spacial score (nSPS) is 28.0. The van der Waals surface area contributed by atoms with Crippen LogP contribution < -0.4 is 5.32 Å². The molecule has 0 spiro atoms. The van der Waals surface area contributed by atoms with Gasteiger partial charge in [-0.15, -0.1) is 0 Å². The van der Waals surface area contributed by atoms with Crippen LogP contribution in [-0.2, 0) is 9.59 Å². The molecule has 2 saturated heterocycles. The van der Waals surface area contributed by atoms with Gasteiger partial charge in [0.2, 0.25) is 11.8 Å². The third-order valence-electron chi connectivity index (χ3n) is 4.30. The molecular weight excluding hydrogens is 254 g/mol. The maximum absolute atomic E-state index is 12.4. The zero-order valence-corrected chi connectivity index (χ0v) is 13.1. The van der Waals surface area contributed by atoms with Crippen LogP contribution in [0.25, 0.3) is 0 Å². The van der Waals surface area contributed by atoms with Crippen LogP contribution in [0.15, 0.2) is 0 Å². The van der Waals surface area contributed by atoms with Gasteiger partial charge in [0.1, 0.15) is 12.1 Å². The second-order valence-electron chi connectivity index (χ2n) is 6.76. The summed E-state index contributed by atoms with van der Waals surface area (Å²) in [6, 6.07) is -0.639. The fourth-order valence-corrected chi connectivity index (χ4v) is 2.91. The van der Waals surface area contributed by atoms with Crippen molar-refractivity contribution in [2.24, 2.45) is 11.8 Å². The minimum Gasteiger partial charge on any atom is -0.342 e. The fraction of sp³-hybridized carbons (Fsp3) is 0.867. The Hall–Kier alpha value is -1.10. The molecule has 5 nitrogen and oxygen atoms in total. The molecule has 114 valence electrons. The highest BCUT2D eigenvalue weighted by molar-refractivity contribution is 5.97. The van der Waals surface area contributed by atoms with Crippen LogP contribution in [0.3, 0.4) is 0 Å². The quantitative estimate of drug-likeness (QED) is 0.825. The maximum Gasteiger partial charge on any atom is 0.246 e. The molecule has 0 saturated carbocycles. The second-order valence-corrected chi connectivity index (χ2v) is 6.76. The van der Waals surface area contributed by atoms with Crippen molar-refractivity contribution in [3.63, 3.8) is 0 Å². The molecule has 2 aliphatic heterocycles. The summed E-state index contributed by atoms with van der Waals surface area (Å²) < 4.78 is 0. The molecule has 0 aromatic rings. The van der Waals surface area contributed by atoms with Crippen LogP contribution >= 0.6 is 0 Å². The summed E-state index contributed by atoms with van der Waals surface area (Å²) in [6.07, 6.45) is 1.14. The molecule has 0 bridgehead atoms. The van der Waals surface area contributed by atoms with E-state index in [0.29, 0.717) is 19.0 Å². The van der Waals surface area contributed by atoms with Gasteiger partial charge in [0.25, 0.3) is 0 Å². The Morgan fingerprint density at radius 3 is 2.50 bits per heavy atom. The number of nitrogens with one attached hydrogen (secondary N) is 1. The SMILES string of the molecule is CC(C)CCN1CCN2C(=O)[C@H](C(C)C)NC(=O)[C@H]2C1. The lowest BCUT2D eigenvalue weighted by molar-refractivity contribution is -0.154. The molecule has 0 unspecified atom stereocenters. The molecule has 0 aromatic heterocycles. The molecule has 5 heteroatoms. The third kappa shape index (κ3) is 3.14. The van der Waals surface area contributed by atoms with Crippen LogP contribution in [0.5, 0.6) is 0 Å². The Kier molecular flexibility index (Phi) is 4.68. The molecule has 2 aliphatic rings. The van der Waals surface area contributed by atoms with E-state index in [1.54, 1.807) is 4.90 Å². The number of carbonyl (C=O) groups excluding carboxylic acids is 2. The molecule has 2 heterocycles. The first-order chi connectivity index (χ1) is 9.40. The van der Waals surface area contributed by atoms with E-state index in [2.05, 4.69) is 24.1 Å². The highest BCUT2D eigenvalue weighted by Gasteiger charge is 2.43. The van der Waals surface area contributed by atoms with Crippen LogP contribution in [0.4, 0.5) is 0 Å². The van der Waals surface area contributed by atoms with Gasteiger partial charge < -0.3 is 10.2 Å². The molecule has 2 amide bonds. The minimum atomic E-state index is -0.346. The van der Waals surface area contributed by atoms with Crippen molar-refractivity contribution in [3.8, 4) is 0 Å². The Labute approximate surface area is 121 Å². The Balaban J connectivity index is 1.99. The lowest BCUT2D eigenvalue weighted by atomic mass is 9.96. The predicted octanol–water partition coefficient (Wildman–Crippen LogP) is 0.700. The van der Waals surface area contributed by atoms with Gasteiger partial charge in [0, 0.05) is 19.6 Å². The van der Waals surface area contributed by atoms with E-state index in [1.165, 1.54) is 0 Å². The summed E-state index contributed by atoms with van der Waals surface area (Å²) >= 11 is 0. The van der Waals surface area contributed by atoms with Crippen LogP contribution in [0.1, 0.15) is 34.1 Å². The van der Waals surface area contributed by atoms with Crippen molar-refractivity contribution in [2.45, 2.75) is 46.2 Å². The summed E-state index contributed by atoms with van der Waals surface area (Å²) in [6.45, 7) is 11.6. The van der Waals surface area contributed by atoms with Crippen molar-refractivity contribution >= 4 is 11.8 Å². The fourth-order valence-electron chi connectivity index (χ4n) is 2.91. The smallest absolute Gasteiger partial charge is 0.246 e. The number of piperazine rings is 2. The molecule has 0 radical (unpaired) electrons. The van der Waals surface area contributed by atoms with E-state index in [1.807, 2.05) is 13.8 Å². The summed E-state index contributed by atoms with van der Waals surface area (Å²) in [5.41, 5.74) is 0. The van der Waals surface area contributed by atoms with Gasteiger partial charge in [-0.05, 0) is 24.8 Å². The van der Waals surface area contributed by atoms with E-state index in [4.69, 9.17) is 0 Å². The van der Waals surface area contributed by atoms with Gasteiger partial charge in [-0.2, -0.15) is 0 Å². The lowest BCUT2D eigenvalue weighted by Gasteiger charge is -2.46. The Morgan fingerprint density at radius 2 is 1.90 bits per heavy atom. The zero-order valence-electron chi connectivity index (χ0n) is 13.1. The zero-order chi connectivity index (χ0) is 14.9. The number of carbonyl (C=O) groups is 2. The van der Waals surface area contributed by atoms with E-state index >= 15 is 0 Å². The summed E-state index contributed by atoms with van der Waals surface area (Å²) in [5.74, 6) is 0.914. The Morgan fingerprint density at radius 1 is 1.20 bits per heavy atom. The topological polar surface area (TPSA) is 52.6 Å². The van der Waals surface area contributed by atoms with Crippen LogP contribution in [-0.4, -0.2) is 59.9 Å². The van der Waals surface area contributed by atoms with E-state index in [9.17, 15) is 9.59 Å². The second kappa shape index (κ2) is 6.12. The van der Waals surface area contributed by atoms with Gasteiger partial charge >= 0.3 is 0 Å². The average Bonchev–Trinajstić information content (AvgIpc) is 2.40. The monoisotopic (exact) mass is 281 g/mol. The summed E-state index contributed by atoms with van der Waals surface area (Å²) in [7, 11) is 0. The molecule has 1 N–H and O–H groups in total. The minimum absolute atomic E-state index is 0.0116. The van der Waals surface area contributed by atoms with Crippen molar-refractivity contribution in [3.05, 3.63) is 0 Å². The lowest BCUT2D eigenvalue weighted by Crippen LogP contribution is -2.70. The first-order valence-electron chi connectivity index (χ1n) is 7.73. The molecule has 20 heavy (non-hydrogen) atoms. The maximum atomic E-state index is 12.4. The molecule has 0 aliphatic carbocycles. The van der Waals surface area contributed by atoms with Gasteiger partial charge in [0.05, 0.1) is 0 Å². The van der Waals surface area contributed by atoms with Crippen molar-refractivity contribution in [2.75, 3.05) is 26.2 Å². The molecule has 0 aromatic carbocycles. The standard InChI is InChI=1S/C15H27N3O2/c1-10(2)5-6-17-7-8-18-12(9-17)14(19)16-13(11(3)4)15(18)20/h10-13H,5-9H2,1-4H3,(H,16,19)/t12-,13+/m1/s1. The van der Waals surface area contributed by atoms with Crippen molar-refractivity contribution in [1.82, 2.24) is 15.1 Å². The van der Waals surface area contributed by atoms with Gasteiger partial charge in [-0.25, -0.2) is 0 Å². The van der Waals surface area contributed by atoms with Gasteiger partial charge in [-0.1, -0.05) is 27.7 Å². The number of hydrogen-bond donors (Lipinski definition) is 1. The summed E-state index contributed by atoms with van der Waals surface area (Å²) in [4.78, 5) is 28.7. The average molecular weight is 281 g/mol. The number of nitrogens with zero attached hydrogens (tertiary/aromatic N) is 2. The number of hydrogen-bond acceptors (Lipinski definition) is 3. The van der Waals surface area contributed by atoms with Gasteiger partial charge in [0.15, 0.2) is 0 Å². The van der Waals surface area contributed by atoms with Crippen LogP contribution in [0.2, 0.25) is 0 Å². The molecular formula is C15H27N3O2. The van der Waals surface area contributed by atoms with Crippen LogP contribution in [0, 0.1) is 11.8 Å². The van der Waals surface area contributed by atoms with E-state index in [-0.39, 0.29) is 29.8 Å². The highest BCUT2D eigenvalue weighted by atomic mass is 16.2. The van der Waals surface area contributed by atoms with Crippen molar-refractivity contribution < 1.29 is 9.59 Å². The number of rotatable bonds is 4. The molecule has 2 atom stereocenters. The molecule has 2 rings (SSSR count).